The molecule has 19 heavy (non-hydrogen) atoms. The Bertz CT molecular complexity index is 600. The molecule has 0 heterocycles. The fourth-order valence-corrected chi connectivity index (χ4v) is 3.06. The molecule has 5 nitrogen and oxygen atoms in total. The van der Waals surface area contributed by atoms with Crippen LogP contribution in [0.2, 0.25) is 0 Å². The molecule has 0 saturated heterocycles. The van der Waals surface area contributed by atoms with Crippen molar-refractivity contribution in [1.29, 1.82) is 0 Å². The third kappa shape index (κ3) is 3.41. The highest BCUT2D eigenvalue weighted by Gasteiger charge is 2.26. The van der Waals surface area contributed by atoms with Crippen LogP contribution in [0.3, 0.4) is 0 Å². The number of sulfone groups is 1. The van der Waals surface area contributed by atoms with E-state index >= 15 is 0 Å². The van der Waals surface area contributed by atoms with Crippen LogP contribution in [0.25, 0.3) is 0 Å². The molecule has 0 aromatic heterocycles. The van der Waals surface area contributed by atoms with Crippen molar-refractivity contribution in [2.24, 2.45) is 0 Å². The van der Waals surface area contributed by atoms with Crippen LogP contribution in [0.5, 0.6) is 5.75 Å². The maximum atomic E-state index is 12.3. The number of hydrogen-bond donors (Lipinski definition) is 1. The second kappa shape index (κ2) is 5.83. The molecule has 0 saturated carbocycles. The van der Waals surface area contributed by atoms with Gasteiger partial charge >= 0.3 is 12.6 Å². The summed E-state index contributed by atoms with van der Waals surface area (Å²) < 4.78 is 51.9. The third-order valence-electron chi connectivity index (χ3n) is 2.21. The molecule has 0 fully saturated rings. The van der Waals surface area contributed by atoms with E-state index in [9.17, 15) is 22.0 Å². The predicted octanol–water partition coefficient (Wildman–Crippen LogP) is 2.54. The average molecular weight is 359 g/mol. The Morgan fingerprint density at radius 3 is 2.47 bits per heavy atom. The number of aromatic carboxylic acids is 1. The highest BCUT2D eigenvalue weighted by atomic mass is 79.9. The van der Waals surface area contributed by atoms with Crippen LogP contribution in [0.1, 0.15) is 17.3 Å². The summed E-state index contributed by atoms with van der Waals surface area (Å²) in [6.07, 6.45) is 0. The van der Waals surface area contributed by atoms with E-state index in [0.717, 1.165) is 12.1 Å². The molecule has 1 aromatic carbocycles. The number of rotatable bonds is 5. The summed E-state index contributed by atoms with van der Waals surface area (Å²) in [7, 11) is -3.82. The monoisotopic (exact) mass is 358 g/mol. The Balaban J connectivity index is 3.58. The van der Waals surface area contributed by atoms with E-state index in [2.05, 4.69) is 20.7 Å². The van der Waals surface area contributed by atoms with Gasteiger partial charge in [0.1, 0.15) is 4.90 Å². The lowest BCUT2D eigenvalue weighted by atomic mass is 10.2. The quantitative estimate of drug-likeness (QED) is 0.874. The number of hydrogen-bond acceptors (Lipinski definition) is 4. The number of carboxylic acid groups (broad SMARTS) is 1. The van der Waals surface area contributed by atoms with Crippen molar-refractivity contribution in [3.63, 3.8) is 0 Å². The molecule has 1 aromatic rings. The van der Waals surface area contributed by atoms with E-state index in [1.54, 1.807) is 0 Å². The van der Waals surface area contributed by atoms with Gasteiger partial charge in [-0.05, 0) is 28.1 Å². The number of benzene rings is 1. The smallest absolute Gasteiger partial charge is 0.387 e. The summed E-state index contributed by atoms with van der Waals surface area (Å²) in [6, 6.07) is 1.94. The van der Waals surface area contributed by atoms with Gasteiger partial charge in [0.25, 0.3) is 0 Å². The minimum atomic E-state index is -3.82. The first-order valence-electron chi connectivity index (χ1n) is 4.94. The molecule has 9 heteroatoms. The largest absolute Gasteiger partial charge is 0.478 e. The maximum absolute atomic E-state index is 12.3. The zero-order chi connectivity index (χ0) is 14.8. The summed E-state index contributed by atoms with van der Waals surface area (Å²) in [5.41, 5.74) is -0.370. The molecule has 0 amide bonds. The first-order valence-corrected chi connectivity index (χ1v) is 7.38. The van der Waals surface area contributed by atoms with Gasteiger partial charge in [0.2, 0.25) is 0 Å². The Kier molecular flexibility index (Phi) is 4.86. The van der Waals surface area contributed by atoms with E-state index in [4.69, 9.17) is 5.11 Å². The molecule has 1 rings (SSSR count). The zero-order valence-electron chi connectivity index (χ0n) is 9.56. The van der Waals surface area contributed by atoms with Crippen molar-refractivity contribution in [1.82, 2.24) is 0 Å². The normalized spacial score (nSPS) is 11.6. The second-order valence-corrected chi connectivity index (χ2v) is 6.38. The molecule has 0 aliphatic rings. The Hall–Kier alpha value is -1.22. The number of carboxylic acids is 1. The van der Waals surface area contributed by atoms with Gasteiger partial charge in [-0.2, -0.15) is 8.78 Å². The van der Waals surface area contributed by atoms with Gasteiger partial charge in [0.15, 0.2) is 15.6 Å². The number of carbonyl (C=O) groups is 1. The van der Waals surface area contributed by atoms with E-state index in [-0.39, 0.29) is 15.8 Å². The SMILES string of the molecule is CCS(=O)(=O)c1ccc(C(=O)O)c(Br)c1OC(F)F. The van der Waals surface area contributed by atoms with E-state index in [1.807, 2.05) is 0 Å². The molecule has 0 atom stereocenters. The van der Waals surface area contributed by atoms with Crippen molar-refractivity contribution in [3.8, 4) is 5.75 Å². The molecule has 0 bridgehead atoms. The lowest BCUT2D eigenvalue weighted by molar-refractivity contribution is -0.0523. The Morgan fingerprint density at radius 1 is 1.47 bits per heavy atom. The molecule has 106 valence electrons. The first-order chi connectivity index (χ1) is 8.70. The number of alkyl halides is 2. The summed E-state index contributed by atoms with van der Waals surface area (Å²) in [6.45, 7) is -1.94. The summed E-state index contributed by atoms with van der Waals surface area (Å²) in [5, 5.41) is 8.85. The average Bonchev–Trinajstić information content (AvgIpc) is 2.30. The van der Waals surface area contributed by atoms with Crippen LogP contribution < -0.4 is 4.74 Å². The standard InChI is InChI=1S/C10H9BrF2O5S/c1-2-19(16,17)6-4-3-5(9(14)15)7(11)8(6)18-10(12)13/h3-4,10H,2H2,1H3,(H,14,15). The highest BCUT2D eigenvalue weighted by molar-refractivity contribution is 9.10. The molecular formula is C10H9BrF2O5S. The summed E-state index contributed by atoms with van der Waals surface area (Å²) in [4.78, 5) is 10.4. The molecule has 0 spiro atoms. The minimum absolute atomic E-state index is 0.328. The first kappa shape index (κ1) is 15.8. The molecular weight excluding hydrogens is 350 g/mol. The number of ether oxygens (including phenoxy) is 1. The second-order valence-electron chi connectivity index (χ2n) is 3.34. The van der Waals surface area contributed by atoms with Gasteiger partial charge < -0.3 is 9.84 Å². The third-order valence-corrected chi connectivity index (χ3v) is 4.75. The van der Waals surface area contributed by atoms with Crippen LogP contribution in [-0.2, 0) is 9.84 Å². The lowest BCUT2D eigenvalue weighted by Crippen LogP contribution is -2.12. The van der Waals surface area contributed by atoms with Crippen molar-refractivity contribution >= 4 is 31.7 Å². The summed E-state index contributed by atoms with van der Waals surface area (Å²) >= 11 is 2.78. The predicted molar refractivity (Wildman–Crippen MR) is 65.5 cm³/mol. The van der Waals surface area contributed by atoms with Crippen molar-refractivity contribution in [2.75, 3.05) is 5.75 Å². The van der Waals surface area contributed by atoms with Gasteiger partial charge in [-0.1, -0.05) is 6.92 Å². The molecule has 0 aliphatic carbocycles. The lowest BCUT2D eigenvalue weighted by Gasteiger charge is -2.13. The van der Waals surface area contributed by atoms with Crippen LogP contribution in [-0.4, -0.2) is 31.9 Å². The van der Waals surface area contributed by atoms with Crippen molar-refractivity contribution in [2.45, 2.75) is 18.4 Å². The fourth-order valence-electron chi connectivity index (χ4n) is 1.30. The van der Waals surface area contributed by atoms with Gasteiger partial charge in [-0.15, -0.1) is 0 Å². The molecule has 0 radical (unpaired) electrons. The maximum Gasteiger partial charge on any atom is 0.387 e. The van der Waals surface area contributed by atoms with E-state index in [1.165, 1.54) is 6.92 Å². The van der Waals surface area contributed by atoms with Crippen LogP contribution in [0.15, 0.2) is 21.5 Å². The van der Waals surface area contributed by atoms with Gasteiger partial charge in [0, 0.05) is 0 Å². The minimum Gasteiger partial charge on any atom is -0.478 e. The summed E-state index contributed by atoms with van der Waals surface area (Å²) in [5.74, 6) is -2.42. The van der Waals surface area contributed by atoms with Gasteiger partial charge in [0.05, 0.1) is 15.8 Å². The number of halogens is 3. The van der Waals surface area contributed by atoms with Gasteiger partial charge in [-0.3, -0.25) is 0 Å². The van der Waals surface area contributed by atoms with Gasteiger partial charge in [-0.25, -0.2) is 13.2 Å². The molecule has 0 unspecified atom stereocenters. The molecule has 1 N–H and O–H groups in total. The van der Waals surface area contributed by atoms with Crippen LogP contribution in [0, 0.1) is 0 Å². The Labute approximate surface area is 116 Å². The van der Waals surface area contributed by atoms with Crippen molar-refractivity contribution in [3.05, 3.63) is 22.2 Å². The van der Waals surface area contributed by atoms with Crippen molar-refractivity contribution < 1.29 is 31.8 Å². The van der Waals surface area contributed by atoms with Crippen LogP contribution >= 0.6 is 15.9 Å². The Morgan fingerprint density at radius 2 is 2.05 bits per heavy atom. The van der Waals surface area contributed by atoms with E-state index < -0.39 is 33.1 Å². The topological polar surface area (TPSA) is 80.7 Å². The van der Waals surface area contributed by atoms with Crippen LogP contribution in [0.4, 0.5) is 8.78 Å². The molecule has 0 aliphatic heterocycles. The highest BCUT2D eigenvalue weighted by Crippen LogP contribution is 2.37. The van der Waals surface area contributed by atoms with E-state index in [0.29, 0.717) is 0 Å². The zero-order valence-corrected chi connectivity index (χ0v) is 12.0. The fraction of sp³-hybridized carbons (Fsp3) is 0.300.